The maximum absolute atomic E-state index is 13.3. The average molecular weight is 634 g/mol. The number of nitrogens with zero attached hydrogens (tertiary/aromatic N) is 1. The standard InChI is InChI=1S/C41H64N2O3/c1-29(34-18-19-35-33-17-16-30-12-10-11-24-40(30,5)36(33)21-25-41(34,35)6)15-20-37(44)42-31-22-26-43(27-23-31,32-13-8-7-9-14-32)28-46-38(45)39(2,3)4/h7-9,13-14,29-31,33-36H,10-12,15-28H2,1-6H3/p+1/t29-,30?,31?,33+,34-,35+,36+,40+,41-,43?/m1/s1. The lowest BCUT2D eigenvalue weighted by Crippen LogP contribution is -2.59. The molecule has 1 heterocycles. The lowest BCUT2D eigenvalue weighted by Gasteiger charge is -2.61. The van der Waals surface area contributed by atoms with Crippen molar-refractivity contribution in [2.24, 2.45) is 51.8 Å². The quantitative estimate of drug-likeness (QED) is 0.229. The van der Waals surface area contributed by atoms with E-state index < -0.39 is 5.41 Å². The third-order valence-corrected chi connectivity index (χ3v) is 14.7. The second-order valence-corrected chi connectivity index (χ2v) is 18.2. The van der Waals surface area contributed by atoms with Gasteiger partial charge in [0.15, 0.2) is 0 Å². The van der Waals surface area contributed by atoms with Crippen LogP contribution in [0.2, 0.25) is 0 Å². The smallest absolute Gasteiger partial charge is 0.315 e. The summed E-state index contributed by atoms with van der Waals surface area (Å²) >= 11 is 0. The van der Waals surface area contributed by atoms with Crippen LogP contribution < -0.4 is 9.80 Å². The minimum Gasteiger partial charge on any atom is -0.414 e. The van der Waals surface area contributed by atoms with Crippen LogP contribution in [0.5, 0.6) is 0 Å². The van der Waals surface area contributed by atoms with Crippen LogP contribution in [0.25, 0.3) is 0 Å². The van der Waals surface area contributed by atoms with E-state index in [1.807, 2.05) is 26.8 Å². The number of nitrogens with one attached hydrogen (secondary N) is 1. The largest absolute Gasteiger partial charge is 0.414 e. The van der Waals surface area contributed by atoms with E-state index in [0.717, 1.165) is 61.9 Å². The van der Waals surface area contributed by atoms with Crippen LogP contribution in [0.3, 0.4) is 0 Å². The summed E-state index contributed by atoms with van der Waals surface area (Å²) in [5.74, 6) is 5.23. The normalized spacial score (nSPS) is 39.8. The molecular formula is C41H65N2O3+. The number of benzene rings is 1. The Bertz CT molecular complexity index is 1220. The van der Waals surface area contributed by atoms with Gasteiger partial charge < -0.3 is 10.1 Å². The number of quaternary nitrogens is 1. The number of rotatable bonds is 8. The predicted octanol–water partition coefficient (Wildman–Crippen LogP) is 9.28. The Morgan fingerprint density at radius 1 is 0.891 bits per heavy atom. The lowest BCUT2D eigenvalue weighted by atomic mass is 9.44. The van der Waals surface area contributed by atoms with Gasteiger partial charge in [-0.25, -0.2) is 0 Å². The molecule has 4 saturated carbocycles. The van der Waals surface area contributed by atoms with E-state index in [-0.39, 0.29) is 17.9 Å². The fraction of sp³-hybridized carbons (Fsp3) is 0.805. The van der Waals surface area contributed by atoms with Crippen molar-refractivity contribution in [3.05, 3.63) is 30.3 Å². The maximum Gasteiger partial charge on any atom is 0.315 e. The van der Waals surface area contributed by atoms with E-state index >= 15 is 0 Å². The number of carbonyl (C=O) groups is 2. The van der Waals surface area contributed by atoms with Crippen LogP contribution >= 0.6 is 0 Å². The zero-order chi connectivity index (χ0) is 32.7. The zero-order valence-corrected chi connectivity index (χ0v) is 30.1. The van der Waals surface area contributed by atoms with Gasteiger partial charge in [-0.2, -0.15) is 0 Å². The monoisotopic (exact) mass is 633 g/mol. The summed E-state index contributed by atoms with van der Waals surface area (Å²) in [4.78, 5) is 26.0. The van der Waals surface area contributed by atoms with Gasteiger partial charge in [-0.05, 0) is 137 Å². The van der Waals surface area contributed by atoms with Gasteiger partial charge in [-0.15, -0.1) is 0 Å². The molecular weight excluding hydrogens is 568 g/mol. The molecule has 46 heavy (non-hydrogen) atoms. The third kappa shape index (κ3) is 6.45. The number of amides is 1. The van der Waals surface area contributed by atoms with Crippen LogP contribution in [0.1, 0.15) is 131 Å². The average Bonchev–Trinajstić information content (AvgIpc) is 3.40. The van der Waals surface area contributed by atoms with Crippen molar-refractivity contribution in [3.8, 4) is 0 Å². The van der Waals surface area contributed by atoms with Crippen LogP contribution in [0.15, 0.2) is 30.3 Å². The number of esters is 1. The Morgan fingerprint density at radius 3 is 2.33 bits per heavy atom. The molecule has 1 aromatic carbocycles. The van der Waals surface area contributed by atoms with Crippen molar-refractivity contribution < 1.29 is 14.3 Å². The molecule has 0 spiro atoms. The van der Waals surface area contributed by atoms with Crippen LogP contribution in [-0.4, -0.2) is 37.7 Å². The first-order chi connectivity index (χ1) is 21.9. The fourth-order valence-electron chi connectivity index (χ4n) is 11.9. The van der Waals surface area contributed by atoms with Crippen molar-refractivity contribution >= 4 is 17.6 Å². The highest BCUT2D eigenvalue weighted by Crippen LogP contribution is 2.68. The van der Waals surface area contributed by atoms with Crippen LogP contribution in [0.4, 0.5) is 5.69 Å². The summed E-state index contributed by atoms with van der Waals surface area (Å²) in [5.41, 5.74) is 1.74. The molecule has 4 aliphatic carbocycles. The van der Waals surface area contributed by atoms with Gasteiger partial charge in [0.05, 0.1) is 18.5 Å². The number of likely N-dealkylation sites (tertiary alicyclic amines) is 1. The van der Waals surface area contributed by atoms with Crippen molar-refractivity contribution in [2.75, 3.05) is 19.8 Å². The predicted molar refractivity (Wildman–Crippen MR) is 188 cm³/mol. The minimum absolute atomic E-state index is 0.160. The van der Waals surface area contributed by atoms with Crippen molar-refractivity contribution in [1.29, 1.82) is 0 Å². The molecule has 1 N–H and O–H groups in total. The van der Waals surface area contributed by atoms with E-state index in [0.29, 0.717) is 34.4 Å². The van der Waals surface area contributed by atoms with Crippen molar-refractivity contribution in [1.82, 2.24) is 9.80 Å². The SMILES string of the molecule is C[C@H](CCC(=O)NC1CC[N+](COC(=O)C(C)(C)C)(c2ccccc2)CC1)[C@H]1CC[C@H]2[C@@H]3CCC4CCCC[C@]4(C)[C@H]3CC[C@]12C. The van der Waals surface area contributed by atoms with E-state index in [2.05, 4.69) is 50.4 Å². The maximum atomic E-state index is 13.3. The zero-order valence-electron chi connectivity index (χ0n) is 30.1. The van der Waals surface area contributed by atoms with Crippen molar-refractivity contribution in [2.45, 2.75) is 137 Å². The summed E-state index contributed by atoms with van der Waals surface area (Å²) < 4.78 is 6.52. The molecule has 1 amide bonds. The molecule has 1 saturated heterocycles. The first kappa shape index (κ1) is 34.0. The second-order valence-electron chi connectivity index (χ2n) is 18.2. The second kappa shape index (κ2) is 13.2. The highest BCUT2D eigenvalue weighted by Gasteiger charge is 2.60. The van der Waals surface area contributed by atoms with Gasteiger partial charge >= 0.3 is 5.97 Å². The van der Waals surface area contributed by atoms with Gasteiger partial charge in [-0.1, -0.05) is 51.8 Å². The van der Waals surface area contributed by atoms with Gasteiger partial charge in [0.1, 0.15) is 5.69 Å². The summed E-state index contributed by atoms with van der Waals surface area (Å²) in [7, 11) is 0. The van der Waals surface area contributed by atoms with Crippen LogP contribution in [-0.2, 0) is 14.3 Å². The number of piperidine rings is 1. The summed E-state index contributed by atoms with van der Waals surface area (Å²) in [6.07, 6.45) is 18.0. The molecule has 5 fully saturated rings. The molecule has 5 heteroatoms. The molecule has 0 radical (unpaired) electrons. The highest BCUT2D eigenvalue weighted by molar-refractivity contribution is 5.76. The topological polar surface area (TPSA) is 55.4 Å². The number of hydrogen-bond acceptors (Lipinski definition) is 3. The van der Waals surface area contributed by atoms with E-state index in [9.17, 15) is 9.59 Å². The Labute approximate surface area is 280 Å². The molecule has 1 aliphatic heterocycles. The van der Waals surface area contributed by atoms with Crippen LogP contribution in [0, 0.1) is 51.8 Å². The summed E-state index contributed by atoms with van der Waals surface area (Å²) in [5, 5.41) is 3.42. The van der Waals surface area contributed by atoms with Gasteiger partial charge in [0.2, 0.25) is 12.6 Å². The van der Waals surface area contributed by atoms with Crippen molar-refractivity contribution in [3.63, 3.8) is 0 Å². The Hall–Kier alpha value is -1.88. The fourth-order valence-corrected chi connectivity index (χ4v) is 11.9. The Kier molecular flexibility index (Phi) is 9.76. The first-order valence-electron chi connectivity index (χ1n) is 19.2. The number of hydrogen-bond donors (Lipinski definition) is 1. The van der Waals surface area contributed by atoms with E-state index in [1.165, 1.54) is 69.9 Å². The summed E-state index contributed by atoms with van der Waals surface area (Å²) in [6, 6.07) is 10.6. The Balaban J connectivity index is 1.00. The highest BCUT2D eigenvalue weighted by atomic mass is 16.5. The van der Waals surface area contributed by atoms with E-state index in [4.69, 9.17) is 4.74 Å². The minimum atomic E-state index is -0.521. The van der Waals surface area contributed by atoms with Gasteiger partial charge in [0, 0.05) is 25.3 Å². The molecule has 0 bridgehead atoms. The molecule has 6 rings (SSSR count). The van der Waals surface area contributed by atoms with E-state index in [1.54, 1.807) is 0 Å². The first-order valence-corrected chi connectivity index (χ1v) is 19.2. The number of fused-ring (bicyclic) bond motifs is 5. The molecule has 5 nitrogen and oxygen atoms in total. The summed E-state index contributed by atoms with van der Waals surface area (Å²) in [6.45, 7) is 15.6. The Morgan fingerprint density at radius 2 is 1.61 bits per heavy atom. The number of ether oxygens (including phenoxy) is 1. The van der Waals surface area contributed by atoms with Gasteiger partial charge in [0.25, 0.3) is 0 Å². The van der Waals surface area contributed by atoms with Gasteiger partial charge in [-0.3, -0.25) is 14.1 Å². The molecule has 1 unspecified atom stereocenters. The molecule has 1 aromatic rings. The number of carbonyl (C=O) groups excluding carboxylic acids is 2. The molecule has 0 aromatic heterocycles. The third-order valence-electron chi connectivity index (χ3n) is 14.7. The lowest BCUT2D eigenvalue weighted by molar-refractivity contribution is -0.158. The molecule has 256 valence electrons. The molecule has 5 aliphatic rings. The number of para-hydroxylation sites is 1. The molecule has 8 atom stereocenters.